The predicted molar refractivity (Wildman–Crippen MR) is 122 cm³/mol. The second-order valence-electron chi connectivity index (χ2n) is 8.66. The number of aromatic nitrogens is 3. The molecule has 2 aromatic heterocycles. The van der Waals surface area contributed by atoms with Crippen molar-refractivity contribution in [3.05, 3.63) is 59.7 Å². The number of pyridine rings is 1. The van der Waals surface area contributed by atoms with Crippen LogP contribution in [-0.2, 0) is 18.6 Å². The second-order valence-corrected chi connectivity index (χ2v) is 8.66. The molecule has 2 amide bonds. The summed E-state index contributed by atoms with van der Waals surface area (Å²) < 4.78 is 21.7. The van der Waals surface area contributed by atoms with Crippen LogP contribution in [0.4, 0.5) is 15.0 Å². The highest BCUT2D eigenvalue weighted by molar-refractivity contribution is 5.75. The van der Waals surface area contributed by atoms with Gasteiger partial charge in [-0.1, -0.05) is 18.2 Å². The largest absolute Gasteiger partial charge is 0.485 e. The van der Waals surface area contributed by atoms with Gasteiger partial charge in [-0.15, -0.1) is 0 Å². The average molecular weight is 451 g/mol. The van der Waals surface area contributed by atoms with Crippen molar-refractivity contribution >= 4 is 11.8 Å². The molecule has 4 heterocycles. The van der Waals surface area contributed by atoms with Crippen LogP contribution in [0.3, 0.4) is 0 Å². The Hall–Kier alpha value is -3.62. The number of halogens is 1. The van der Waals surface area contributed by atoms with E-state index in [1.54, 1.807) is 30.5 Å². The summed E-state index contributed by atoms with van der Waals surface area (Å²) in [5, 5.41) is 7.69. The van der Waals surface area contributed by atoms with Crippen LogP contribution >= 0.6 is 0 Å². The highest BCUT2D eigenvalue weighted by Crippen LogP contribution is 2.44. The SMILES string of the molecule is CCNC(=O)N1CC[C@@]2(CCn3nc(-c4cnc(N)c(OCc5ccccc5F)c4)cc32)C1. The molecule has 0 aliphatic carbocycles. The van der Waals surface area contributed by atoms with Gasteiger partial charge in [0.1, 0.15) is 12.4 Å². The van der Waals surface area contributed by atoms with E-state index >= 15 is 0 Å². The van der Waals surface area contributed by atoms with Crippen LogP contribution in [0.15, 0.2) is 42.6 Å². The third-order valence-corrected chi connectivity index (χ3v) is 6.61. The van der Waals surface area contributed by atoms with Crippen molar-refractivity contribution in [3.8, 4) is 17.0 Å². The Morgan fingerprint density at radius 2 is 2.09 bits per heavy atom. The van der Waals surface area contributed by atoms with Crippen molar-refractivity contribution in [2.24, 2.45) is 0 Å². The maximum Gasteiger partial charge on any atom is 0.317 e. The molecule has 0 saturated carbocycles. The number of hydrogen-bond donors (Lipinski definition) is 2. The number of fused-ring (bicyclic) bond motifs is 2. The lowest BCUT2D eigenvalue weighted by Gasteiger charge is -2.23. The van der Waals surface area contributed by atoms with E-state index in [-0.39, 0.29) is 29.7 Å². The predicted octanol–water partition coefficient (Wildman–Crippen LogP) is 3.32. The minimum Gasteiger partial charge on any atom is -0.485 e. The lowest BCUT2D eigenvalue weighted by molar-refractivity contribution is 0.206. The maximum atomic E-state index is 13.9. The van der Waals surface area contributed by atoms with Crippen LogP contribution in [0.25, 0.3) is 11.3 Å². The number of ether oxygens (including phenoxy) is 1. The summed E-state index contributed by atoms with van der Waals surface area (Å²) in [6.07, 6.45) is 3.57. The first-order valence-corrected chi connectivity index (χ1v) is 11.2. The Labute approximate surface area is 191 Å². The summed E-state index contributed by atoms with van der Waals surface area (Å²) in [6, 6.07) is 10.3. The van der Waals surface area contributed by atoms with Gasteiger partial charge >= 0.3 is 6.03 Å². The molecule has 3 aromatic rings. The Morgan fingerprint density at radius 1 is 1.27 bits per heavy atom. The van der Waals surface area contributed by atoms with E-state index in [4.69, 9.17) is 15.6 Å². The van der Waals surface area contributed by atoms with E-state index in [9.17, 15) is 9.18 Å². The number of benzene rings is 1. The Bertz CT molecular complexity index is 1200. The number of carbonyl (C=O) groups is 1. The van der Waals surface area contributed by atoms with E-state index in [1.807, 2.05) is 16.5 Å². The fourth-order valence-corrected chi connectivity index (χ4v) is 4.81. The maximum absolute atomic E-state index is 13.9. The average Bonchev–Trinajstić information content (AvgIpc) is 3.51. The number of rotatable bonds is 5. The summed E-state index contributed by atoms with van der Waals surface area (Å²) in [7, 11) is 0. The molecular formula is C24H27FN6O2. The molecule has 0 radical (unpaired) electrons. The molecule has 2 aliphatic heterocycles. The van der Waals surface area contributed by atoms with Gasteiger partial charge in [0, 0.05) is 54.6 Å². The fourth-order valence-electron chi connectivity index (χ4n) is 4.81. The van der Waals surface area contributed by atoms with E-state index in [0.717, 1.165) is 42.9 Å². The van der Waals surface area contributed by atoms with Crippen LogP contribution in [0.5, 0.6) is 5.75 Å². The van der Waals surface area contributed by atoms with Crippen LogP contribution in [0.1, 0.15) is 31.0 Å². The van der Waals surface area contributed by atoms with Gasteiger partial charge in [0.2, 0.25) is 0 Å². The van der Waals surface area contributed by atoms with Crippen molar-refractivity contribution in [2.75, 3.05) is 25.4 Å². The Kier molecular flexibility index (Phi) is 5.39. The number of nitrogens with one attached hydrogen (secondary N) is 1. The lowest BCUT2D eigenvalue weighted by atomic mass is 9.82. The van der Waals surface area contributed by atoms with E-state index in [2.05, 4.69) is 16.4 Å². The summed E-state index contributed by atoms with van der Waals surface area (Å²) in [6.45, 7) is 4.86. The monoisotopic (exact) mass is 450 g/mol. The number of carbonyl (C=O) groups excluding carboxylic acids is 1. The van der Waals surface area contributed by atoms with Gasteiger partial charge in [0.15, 0.2) is 11.6 Å². The van der Waals surface area contributed by atoms with E-state index < -0.39 is 0 Å². The van der Waals surface area contributed by atoms with Crippen LogP contribution in [0, 0.1) is 5.82 Å². The van der Waals surface area contributed by atoms with Crippen molar-refractivity contribution < 1.29 is 13.9 Å². The number of likely N-dealkylation sites (tertiary alicyclic amines) is 1. The van der Waals surface area contributed by atoms with Gasteiger partial charge in [-0.05, 0) is 38.0 Å². The topological polar surface area (TPSA) is 98.3 Å². The van der Waals surface area contributed by atoms with Gasteiger partial charge in [-0.2, -0.15) is 5.10 Å². The minimum atomic E-state index is -0.325. The summed E-state index contributed by atoms with van der Waals surface area (Å²) in [5.41, 5.74) is 9.10. The molecule has 1 aromatic carbocycles. The number of nitrogens with zero attached hydrogens (tertiary/aromatic N) is 4. The molecule has 8 nitrogen and oxygen atoms in total. The molecule has 0 bridgehead atoms. The normalized spacial score (nSPS) is 19.2. The number of amides is 2. The molecule has 33 heavy (non-hydrogen) atoms. The number of aryl methyl sites for hydroxylation is 1. The zero-order chi connectivity index (χ0) is 23.0. The number of anilines is 1. The minimum absolute atomic E-state index is 0.00746. The molecule has 172 valence electrons. The van der Waals surface area contributed by atoms with Crippen LogP contribution < -0.4 is 15.8 Å². The first-order valence-electron chi connectivity index (χ1n) is 11.2. The van der Waals surface area contributed by atoms with Gasteiger partial charge in [-0.25, -0.2) is 14.2 Å². The smallest absolute Gasteiger partial charge is 0.317 e. The van der Waals surface area contributed by atoms with E-state index in [1.165, 1.54) is 6.07 Å². The molecule has 1 spiro atoms. The molecule has 3 N–H and O–H groups in total. The third-order valence-electron chi connectivity index (χ3n) is 6.61. The standard InChI is InChI=1S/C24H27FN6O2/c1-2-27-23(32)30-9-7-24(15-30)8-10-31-21(24)12-19(29-31)17-11-20(22(26)28-13-17)33-14-16-5-3-4-6-18(16)25/h3-6,11-13H,2,7-10,14-15H2,1H3,(H2,26,28)(H,27,32)/t24-/m1/s1. The van der Waals surface area contributed by atoms with Gasteiger partial charge < -0.3 is 20.7 Å². The second kappa shape index (κ2) is 8.38. The lowest BCUT2D eigenvalue weighted by Crippen LogP contribution is -2.40. The van der Waals surface area contributed by atoms with Crippen LogP contribution in [0.2, 0.25) is 0 Å². The Morgan fingerprint density at radius 3 is 2.91 bits per heavy atom. The van der Waals surface area contributed by atoms with Crippen molar-refractivity contribution in [2.45, 2.75) is 38.3 Å². The van der Waals surface area contributed by atoms with Crippen molar-refractivity contribution in [1.29, 1.82) is 0 Å². The number of nitrogen functional groups attached to an aromatic ring is 1. The molecule has 1 atom stereocenters. The zero-order valence-electron chi connectivity index (χ0n) is 18.6. The quantitative estimate of drug-likeness (QED) is 0.621. The molecular weight excluding hydrogens is 423 g/mol. The molecule has 2 aliphatic rings. The molecule has 1 saturated heterocycles. The summed E-state index contributed by atoms with van der Waals surface area (Å²) in [5.74, 6) is 0.308. The highest BCUT2D eigenvalue weighted by atomic mass is 19.1. The fraction of sp³-hybridized carbons (Fsp3) is 0.375. The summed E-state index contributed by atoms with van der Waals surface area (Å²) in [4.78, 5) is 18.5. The number of urea groups is 1. The van der Waals surface area contributed by atoms with Crippen molar-refractivity contribution in [1.82, 2.24) is 25.0 Å². The van der Waals surface area contributed by atoms with Gasteiger partial charge in [-0.3, -0.25) is 4.68 Å². The molecule has 5 rings (SSSR count). The molecule has 1 fully saturated rings. The Balaban J connectivity index is 1.36. The number of hydrogen-bond acceptors (Lipinski definition) is 5. The van der Waals surface area contributed by atoms with Crippen LogP contribution in [-0.4, -0.2) is 45.3 Å². The first kappa shape index (κ1) is 21.2. The number of nitrogens with two attached hydrogens (primary N) is 1. The summed E-state index contributed by atoms with van der Waals surface area (Å²) >= 11 is 0. The van der Waals surface area contributed by atoms with Gasteiger partial charge in [0.25, 0.3) is 0 Å². The molecule has 9 heteroatoms. The zero-order valence-corrected chi connectivity index (χ0v) is 18.6. The molecule has 0 unspecified atom stereocenters. The highest BCUT2D eigenvalue weighted by Gasteiger charge is 2.46. The third kappa shape index (κ3) is 3.88. The van der Waals surface area contributed by atoms with Crippen molar-refractivity contribution in [3.63, 3.8) is 0 Å². The van der Waals surface area contributed by atoms with Gasteiger partial charge in [0.05, 0.1) is 5.69 Å². The first-order chi connectivity index (χ1) is 16.0. The van der Waals surface area contributed by atoms with E-state index in [0.29, 0.717) is 24.4 Å².